The van der Waals surface area contributed by atoms with Gasteiger partial charge in [0, 0.05) is 11.1 Å². The summed E-state index contributed by atoms with van der Waals surface area (Å²) in [5.74, 6) is 0. The molecule has 50 valence electrons. The van der Waals surface area contributed by atoms with Crippen molar-refractivity contribution in [2.24, 2.45) is 0 Å². The molecule has 1 nitrogen and oxygen atoms in total. The van der Waals surface area contributed by atoms with Gasteiger partial charge in [-0.2, -0.15) is 12.6 Å². The molecule has 0 radical (unpaired) electrons. The predicted molar refractivity (Wildman–Crippen MR) is 44.3 cm³/mol. The fourth-order valence-corrected chi connectivity index (χ4v) is 1.54. The lowest BCUT2D eigenvalue weighted by atomic mass is 10.5. The molecular formula is C6H9NS2. The second kappa shape index (κ2) is 2.71. The molecule has 0 fully saturated rings. The zero-order valence-electron chi connectivity index (χ0n) is 5.46. The van der Waals surface area contributed by atoms with E-state index in [4.69, 9.17) is 0 Å². The number of aryl methyl sites for hydroxylation is 1. The molecule has 0 N–H and O–H groups in total. The highest BCUT2D eigenvalue weighted by molar-refractivity contribution is 7.80. The van der Waals surface area contributed by atoms with E-state index in [1.165, 1.54) is 0 Å². The smallest absolute Gasteiger partial charge is 0.105 e. The Labute approximate surface area is 64.5 Å². The lowest BCUT2D eigenvalue weighted by Crippen LogP contribution is -1.80. The summed E-state index contributed by atoms with van der Waals surface area (Å²) in [6.45, 7) is 4.03. The molecule has 0 bridgehead atoms. The van der Waals surface area contributed by atoms with Crippen LogP contribution in [-0.4, -0.2) is 4.98 Å². The van der Waals surface area contributed by atoms with Crippen LogP contribution in [0.5, 0.6) is 0 Å². The Balaban J connectivity index is 2.85. The van der Waals surface area contributed by atoms with Crippen molar-refractivity contribution in [3.63, 3.8) is 0 Å². The third-order valence-electron chi connectivity index (χ3n) is 0.994. The fourth-order valence-electron chi connectivity index (χ4n) is 0.564. The van der Waals surface area contributed by atoms with Gasteiger partial charge in [-0.3, -0.25) is 0 Å². The largest absolute Gasteiger partial charge is 0.245 e. The molecule has 0 aliphatic heterocycles. The third kappa shape index (κ3) is 1.69. The third-order valence-corrected chi connectivity index (χ3v) is 2.56. The van der Waals surface area contributed by atoms with E-state index in [-0.39, 0.29) is 5.25 Å². The van der Waals surface area contributed by atoms with Gasteiger partial charge in [-0.15, -0.1) is 11.3 Å². The van der Waals surface area contributed by atoms with E-state index in [1.807, 2.05) is 19.2 Å². The van der Waals surface area contributed by atoms with E-state index in [1.54, 1.807) is 11.3 Å². The lowest BCUT2D eigenvalue weighted by Gasteiger charge is -1.93. The van der Waals surface area contributed by atoms with Gasteiger partial charge in [0.05, 0.1) is 5.25 Å². The topological polar surface area (TPSA) is 12.9 Å². The molecule has 0 saturated heterocycles. The SMILES string of the molecule is Cc1csc(C(C)S)n1. The summed E-state index contributed by atoms with van der Waals surface area (Å²) >= 11 is 5.92. The normalized spacial score (nSPS) is 13.7. The monoisotopic (exact) mass is 159 g/mol. The van der Waals surface area contributed by atoms with Crippen molar-refractivity contribution in [1.82, 2.24) is 4.98 Å². The molecule has 0 aromatic carbocycles. The van der Waals surface area contributed by atoms with Crippen molar-refractivity contribution in [2.45, 2.75) is 19.1 Å². The minimum Gasteiger partial charge on any atom is -0.245 e. The number of thiol groups is 1. The molecule has 1 aromatic heterocycles. The van der Waals surface area contributed by atoms with Crippen LogP contribution in [0.1, 0.15) is 22.9 Å². The maximum Gasteiger partial charge on any atom is 0.105 e. The van der Waals surface area contributed by atoms with Crippen molar-refractivity contribution >= 4 is 24.0 Å². The molecule has 0 amide bonds. The summed E-state index contributed by atoms with van der Waals surface area (Å²) in [6.07, 6.45) is 0. The molecule has 0 saturated carbocycles. The van der Waals surface area contributed by atoms with Crippen LogP contribution in [0.4, 0.5) is 0 Å². The number of aromatic nitrogens is 1. The van der Waals surface area contributed by atoms with Crippen LogP contribution in [0.15, 0.2) is 5.38 Å². The van der Waals surface area contributed by atoms with Gasteiger partial charge < -0.3 is 0 Å². The molecule has 0 spiro atoms. The first-order chi connectivity index (χ1) is 4.20. The van der Waals surface area contributed by atoms with Gasteiger partial charge in [0.25, 0.3) is 0 Å². The molecule has 3 heteroatoms. The lowest BCUT2D eigenvalue weighted by molar-refractivity contribution is 1.05. The second-order valence-corrected chi connectivity index (χ2v) is 3.67. The van der Waals surface area contributed by atoms with Gasteiger partial charge in [-0.1, -0.05) is 0 Å². The zero-order valence-corrected chi connectivity index (χ0v) is 7.17. The van der Waals surface area contributed by atoms with Crippen LogP contribution in [0.3, 0.4) is 0 Å². The number of thiazole rings is 1. The first kappa shape index (κ1) is 7.09. The summed E-state index contributed by atoms with van der Waals surface area (Å²) in [5, 5.41) is 3.43. The van der Waals surface area contributed by atoms with Gasteiger partial charge in [0.1, 0.15) is 5.01 Å². The molecule has 1 heterocycles. The Kier molecular flexibility index (Phi) is 2.13. The average Bonchev–Trinajstić information content (AvgIpc) is 2.14. The van der Waals surface area contributed by atoms with Crippen LogP contribution in [0, 0.1) is 6.92 Å². The summed E-state index contributed by atoms with van der Waals surface area (Å²) in [5.41, 5.74) is 1.09. The fraction of sp³-hybridized carbons (Fsp3) is 0.500. The van der Waals surface area contributed by atoms with Crippen LogP contribution < -0.4 is 0 Å². The maximum atomic E-state index is 4.25. The predicted octanol–water partition coefficient (Wildman–Crippen LogP) is 2.44. The van der Waals surface area contributed by atoms with Gasteiger partial charge >= 0.3 is 0 Å². The minimum atomic E-state index is 0.281. The first-order valence-electron chi connectivity index (χ1n) is 2.80. The molecule has 1 aromatic rings. The van der Waals surface area contributed by atoms with Crippen LogP contribution in [0.2, 0.25) is 0 Å². The molecule has 0 aliphatic rings. The van der Waals surface area contributed by atoms with E-state index in [0.717, 1.165) is 10.7 Å². The highest BCUT2D eigenvalue weighted by atomic mass is 32.1. The van der Waals surface area contributed by atoms with E-state index < -0.39 is 0 Å². The van der Waals surface area contributed by atoms with Crippen LogP contribution >= 0.6 is 24.0 Å². The molecule has 0 aliphatic carbocycles. The van der Waals surface area contributed by atoms with Gasteiger partial charge in [-0.05, 0) is 13.8 Å². The zero-order chi connectivity index (χ0) is 6.85. The summed E-state index contributed by atoms with van der Waals surface area (Å²) < 4.78 is 0. The second-order valence-electron chi connectivity index (χ2n) is 2.00. The number of hydrogen-bond acceptors (Lipinski definition) is 3. The maximum absolute atomic E-state index is 4.25. The Morgan fingerprint density at radius 2 is 2.44 bits per heavy atom. The van der Waals surface area contributed by atoms with Gasteiger partial charge in [0.2, 0.25) is 0 Å². The first-order valence-corrected chi connectivity index (χ1v) is 4.20. The van der Waals surface area contributed by atoms with Crippen molar-refractivity contribution in [3.05, 3.63) is 16.1 Å². The Hall–Kier alpha value is -0.0200. The highest BCUT2D eigenvalue weighted by Gasteiger charge is 2.02. The quantitative estimate of drug-likeness (QED) is 0.621. The Morgan fingerprint density at radius 3 is 2.67 bits per heavy atom. The summed E-state index contributed by atoms with van der Waals surface area (Å²) in [6, 6.07) is 0. The van der Waals surface area contributed by atoms with Crippen molar-refractivity contribution < 1.29 is 0 Å². The molecule has 1 rings (SSSR count). The summed E-state index contributed by atoms with van der Waals surface area (Å²) in [4.78, 5) is 4.25. The standard InChI is InChI=1S/C6H9NS2/c1-4-3-9-6(7-4)5(2)8/h3,5,8H,1-2H3. The molecular weight excluding hydrogens is 150 g/mol. The Bertz CT molecular complexity index is 193. The number of nitrogens with zero attached hydrogens (tertiary/aromatic N) is 1. The van der Waals surface area contributed by atoms with Gasteiger partial charge in [-0.25, -0.2) is 4.98 Å². The van der Waals surface area contributed by atoms with Crippen LogP contribution in [0.25, 0.3) is 0 Å². The van der Waals surface area contributed by atoms with Crippen molar-refractivity contribution in [2.75, 3.05) is 0 Å². The van der Waals surface area contributed by atoms with E-state index >= 15 is 0 Å². The number of hydrogen-bond donors (Lipinski definition) is 1. The highest BCUT2D eigenvalue weighted by Crippen LogP contribution is 2.21. The van der Waals surface area contributed by atoms with E-state index in [0.29, 0.717) is 0 Å². The van der Waals surface area contributed by atoms with Crippen molar-refractivity contribution in [3.8, 4) is 0 Å². The van der Waals surface area contributed by atoms with Crippen molar-refractivity contribution in [1.29, 1.82) is 0 Å². The van der Waals surface area contributed by atoms with Gasteiger partial charge in [0.15, 0.2) is 0 Å². The molecule has 1 atom stereocenters. The van der Waals surface area contributed by atoms with E-state index in [2.05, 4.69) is 17.6 Å². The molecule has 1 unspecified atom stereocenters. The molecule has 9 heavy (non-hydrogen) atoms. The van der Waals surface area contributed by atoms with E-state index in [9.17, 15) is 0 Å². The average molecular weight is 159 g/mol. The minimum absolute atomic E-state index is 0.281. The number of rotatable bonds is 1. The summed E-state index contributed by atoms with van der Waals surface area (Å²) in [7, 11) is 0. The van der Waals surface area contributed by atoms with Crippen LogP contribution in [-0.2, 0) is 0 Å². The Morgan fingerprint density at radius 1 is 1.78 bits per heavy atom.